The minimum Gasteiger partial charge on any atom is -0.496 e. The lowest BCUT2D eigenvalue weighted by Crippen LogP contribution is -2.11. The van der Waals surface area contributed by atoms with Gasteiger partial charge in [-0.15, -0.1) is 22.0 Å². The molecule has 3 aromatic rings. The Morgan fingerprint density at radius 1 is 1.19 bits per heavy atom. The Bertz CT molecular complexity index is 943. The predicted molar refractivity (Wildman–Crippen MR) is 98.3 cm³/mol. The van der Waals surface area contributed by atoms with Gasteiger partial charge in [0.2, 0.25) is 5.89 Å². The van der Waals surface area contributed by atoms with Gasteiger partial charge in [-0.1, -0.05) is 0 Å². The molecule has 8 heteroatoms. The molecule has 2 aromatic carbocycles. The van der Waals surface area contributed by atoms with Crippen molar-refractivity contribution in [3.05, 3.63) is 59.7 Å². The number of hydrogen-bond donors (Lipinski definition) is 0. The lowest BCUT2D eigenvalue weighted by Gasteiger charge is -2.12. The molecule has 0 amide bonds. The minimum atomic E-state index is -0.760. The molecule has 0 saturated heterocycles. The third-order valence-electron chi connectivity index (χ3n) is 3.79. The van der Waals surface area contributed by atoms with E-state index in [0.717, 1.165) is 4.90 Å². The molecule has 27 heavy (non-hydrogen) atoms. The van der Waals surface area contributed by atoms with Crippen molar-refractivity contribution < 1.29 is 23.1 Å². The third kappa shape index (κ3) is 4.28. The highest BCUT2D eigenvalue weighted by molar-refractivity contribution is 7.98. The van der Waals surface area contributed by atoms with Gasteiger partial charge in [0.25, 0.3) is 5.89 Å². The van der Waals surface area contributed by atoms with E-state index in [0.29, 0.717) is 16.9 Å². The highest BCUT2D eigenvalue weighted by atomic mass is 32.2. The van der Waals surface area contributed by atoms with Crippen molar-refractivity contribution in [3.63, 3.8) is 0 Å². The number of hydrogen-bond acceptors (Lipinski definition) is 7. The average molecular weight is 388 g/mol. The Morgan fingerprint density at radius 2 is 1.93 bits per heavy atom. The van der Waals surface area contributed by atoms with Gasteiger partial charge in [0.1, 0.15) is 17.1 Å². The zero-order valence-electron chi connectivity index (χ0n) is 14.9. The SMILES string of the molecule is COc1cc(SC)ccc1C(=O)O[C@H](C)c1nnc(-c2ccc(F)cc2)o1. The lowest BCUT2D eigenvalue weighted by atomic mass is 10.2. The van der Waals surface area contributed by atoms with Crippen LogP contribution in [-0.4, -0.2) is 29.5 Å². The molecule has 140 valence electrons. The molecule has 1 heterocycles. The molecule has 0 bridgehead atoms. The van der Waals surface area contributed by atoms with Crippen LogP contribution in [0.15, 0.2) is 51.8 Å². The number of thioether (sulfide) groups is 1. The summed E-state index contributed by atoms with van der Waals surface area (Å²) >= 11 is 1.54. The maximum Gasteiger partial charge on any atom is 0.342 e. The summed E-state index contributed by atoms with van der Waals surface area (Å²) in [6.07, 6.45) is 1.17. The van der Waals surface area contributed by atoms with Crippen molar-refractivity contribution in [3.8, 4) is 17.2 Å². The summed E-state index contributed by atoms with van der Waals surface area (Å²) in [7, 11) is 1.49. The number of esters is 1. The summed E-state index contributed by atoms with van der Waals surface area (Å²) < 4.78 is 29.3. The number of halogens is 1. The van der Waals surface area contributed by atoms with E-state index < -0.39 is 12.1 Å². The number of rotatable bonds is 6. The first-order valence-corrected chi connectivity index (χ1v) is 9.26. The summed E-state index contributed by atoms with van der Waals surface area (Å²) in [5.41, 5.74) is 0.878. The fourth-order valence-electron chi connectivity index (χ4n) is 2.35. The van der Waals surface area contributed by atoms with E-state index in [1.807, 2.05) is 12.3 Å². The standard InChI is InChI=1S/C19H17FN2O4S/c1-11(17-21-22-18(26-17)12-4-6-13(20)7-5-12)25-19(23)15-9-8-14(27-3)10-16(15)24-2/h4-11H,1-3H3/t11-/m1/s1. The molecule has 0 saturated carbocycles. The first-order chi connectivity index (χ1) is 13.0. The number of nitrogens with zero attached hydrogens (tertiary/aromatic N) is 2. The van der Waals surface area contributed by atoms with Crippen LogP contribution in [0.1, 0.15) is 29.3 Å². The lowest BCUT2D eigenvalue weighted by molar-refractivity contribution is 0.0276. The number of carbonyl (C=O) groups excluding carboxylic acids is 1. The summed E-state index contributed by atoms with van der Waals surface area (Å²) in [4.78, 5) is 13.5. The second kappa shape index (κ2) is 8.22. The molecular weight excluding hydrogens is 371 g/mol. The first-order valence-electron chi connectivity index (χ1n) is 8.04. The van der Waals surface area contributed by atoms with Gasteiger partial charge in [-0.3, -0.25) is 0 Å². The van der Waals surface area contributed by atoms with Crippen LogP contribution < -0.4 is 4.74 Å². The molecule has 0 aliphatic heterocycles. The Balaban J connectivity index is 1.75. The molecule has 1 aromatic heterocycles. The zero-order chi connectivity index (χ0) is 19.4. The molecule has 0 aliphatic rings. The van der Waals surface area contributed by atoms with Crippen LogP contribution in [0.2, 0.25) is 0 Å². The van der Waals surface area contributed by atoms with Crippen molar-refractivity contribution in [1.82, 2.24) is 10.2 Å². The van der Waals surface area contributed by atoms with Crippen molar-refractivity contribution in [2.24, 2.45) is 0 Å². The summed E-state index contributed by atoms with van der Waals surface area (Å²) in [5.74, 6) is -0.135. The molecule has 1 atom stereocenters. The smallest absolute Gasteiger partial charge is 0.342 e. The predicted octanol–water partition coefficient (Wildman–Crippen LogP) is 4.52. The number of aromatic nitrogens is 2. The van der Waals surface area contributed by atoms with Gasteiger partial charge in [-0.25, -0.2) is 9.18 Å². The van der Waals surface area contributed by atoms with Crippen LogP contribution in [0.4, 0.5) is 4.39 Å². The number of carbonyl (C=O) groups is 1. The van der Waals surface area contributed by atoms with Gasteiger partial charge in [-0.2, -0.15) is 0 Å². The Hall–Kier alpha value is -2.87. The topological polar surface area (TPSA) is 74.5 Å². The molecule has 0 N–H and O–H groups in total. The van der Waals surface area contributed by atoms with Gasteiger partial charge in [0, 0.05) is 10.5 Å². The Labute approximate surface area is 159 Å². The zero-order valence-corrected chi connectivity index (χ0v) is 15.7. The van der Waals surface area contributed by atoms with Gasteiger partial charge in [0.15, 0.2) is 6.10 Å². The second-order valence-electron chi connectivity index (χ2n) is 5.57. The maximum absolute atomic E-state index is 13.0. The fraction of sp³-hybridized carbons (Fsp3) is 0.211. The van der Waals surface area contributed by atoms with Crippen LogP contribution in [-0.2, 0) is 4.74 Å². The molecule has 0 unspecified atom stereocenters. The van der Waals surface area contributed by atoms with Crippen LogP contribution in [0, 0.1) is 5.82 Å². The van der Waals surface area contributed by atoms with Gasteiger partial charge < -0.3 is 13.9 Å². The van der Waals surface area contributed by atoms with Gasteiger partial charge in [0.05, 0.1) is 7.11 Å². The van der Waals surface area contributed by atoms with E-state index in [9.17, 15) is 9.18 Å². The minimum absolute atomic E-state index is 0.141. The second-order valence-corrected chi connectivity index (χ2v) is 6.45. The van der Waals surface area contributed by atoms with Crippen LogP contribution in [0.25, 0.3) is 11.5 Å². The van der Waals surface area contributed by atoms with E-state index in [4.69, 9.17) is 13.9 Å². The number of ether oxygens (including phenoxy) is 2. The van der Waals surface area contributed by atoms with Gasteiger partial charge in [-0.05, 0) is 55.6 Å². The molecule has 6 nitrogen and oxygen atoms in total. The molecule has 0 fully saturated rings. The van der Waals surface area contributed by atoms with E-state index in [1.54, 1.807) is 30.8 Å². The summed E-state index contributed by atoms with van der Waals surface area (Å²) in [6, 6.07) is 10.9. The van der Waals surface area contributed by atoms with Crippen molar-refractivity contribution in [2.45, 2.75) is 17.9 Å². The van der Waals surface area contributed by atoms with Crippen molar-refractivity contribution in [1.29, 1.82) is 0 Å². The first kappa shape index (κ1) is 18.9. The largest absolute Gasteiger partial charge is 0.496 e. The van der Waals surface area contributed by atoms with Crippen molar-refractivity contribution in [2.75, 3.05) is 13.4 Å². The van der Waals surface area contributed by atoms with E-state index in [-0.39, 0.29) is 17.6 Å². The molecule has 3 rings (SSSR count). The van der Waals surface area contributed by atoms with Gasteiger partial charge >= 0.3 is 5.97 Å². The molecular formula is C19H17FN2O4S. The summed E-state index contributed by atoms with van der Waals surface area (Å²) in [6.45, 7) is 1.63. The Morgan fingerprint density at radius 3 is 2.59 bits per heavy atom. The van der Waals surface area contributed by atoms with E-state index >= 15 is 0 Å². The molecule has 0 spiro atoms. The van der Waals surface area contributed by atoms with Crippen LogP contribution in [0.3, 0.4) is 0 Å². The monoisotopic (exact) mass is 388 g/mol. The highest BCUT2D eigenvalue weighted by Crippen LogP contribution is 2.28. The van der Waals surface area contributed by atoms with Crippen LogP contribution >= 0.6 is 11.8 Å². The Kier molecular flexibility index (Phi) is 5.75. The fourth-order valence-corrected chi connectivity index (χ4v) is 2.78. The van der Waals surface area contributed by atoms with E-state index in [1.165, 1.54) is 31.4 Å². The average Bonchev–Trinajstić information content (AvgIpc) is 3.18. The highest BCUT2D eigenvalue weighted by Gasteiger charge is 2.22. The maximum atomic E-state index is 13.0. The van der Waals surface area contributed by atoms with Crippen molar-refractivity contribution >= 4 is 17.7 Å². The quantitative estimate of drug-likeness (QED) is 0.454. The molecule has 0 radical (unpaired) electrons. The summed E-state index contributed by atoms with van der Waals surface area (Å²) in [5, 5.41) is 7.83. The number of methoxy groups -OCH3 is 1. The third-order valence-corrected chi connectivity index (χ3v) is 4.52. The normalized spacial score (nSPS) is 11.9. The molecule has 0 aliphatic carbocycles. The van der Waals surface area contributed by atoms with Crippen LogP contribution in [0.5, 0.6) is 5.75 Å². The number of benzene rings is 2. The van der Waals surface area contributed by atoms with E-state index in [2.05, 4.69) is 10.2 Å².